The van der Waals surface area contributed by atoms with Crippen LogP contribution in [0, 0.1) is 0 Å². The Balaban J connectivity index is 2.51. The van der Waals surface area contributed by atoms with E-state index in [4.69, 9.17) is 11.6 Å². The zero-order chi connectivity index (χ0) is 12.5. The molecule has 0 atom stereocenters. The molecule has 0 spiro atoms. The van der Waals surface area contributed by atoms with E-state index in [1.54, 1.807) is 6.20 Å². The third-order valence-corrected chi connectivity index (χ3v) is 3.06. The molecule has 0 fully saturated rings. The van der Waals surface area contributed by atoms with E-state index in [2.05, 4.69) is 23.7 Å². The van der Waals surface area contributed by atoms with E-state index >= 15 is 0 Å². The molecule has 0 saturated carbocycles. The van der Waals surface area contributed by atoms with Gasteiger partial charge in [-0.25, -0.2) is 0 Å². The van der Waals surface area contributed by atoms with Gasteiger partial charge in [0, 0.05) is 17.8 Å². The zero-order valence-electron chi connectivity index (χ0n) is 11.0. The summed E-state index contributed by atoms with van der Waals surface area (Å²) in [6, 6.07) is 3.79. The maximum Gasteiger partial charge on any atom is 0.0558 e. The Morgan fingerprint density at radius 1 is 1.18 bits per heavy atom. The van der Waals surface area contributed by atoms with Gasteiger partial charge >= 0.3 is 0 Å². The molecular weight excluding hydrogens is 232 g/mol. The number of rotatable bonds is 8. The molecule has 0 saturated heterocycles. The quantitative estimate of drug-likeness (QED) is 0.693. The molecule has 0 amide bonds. The fourth-order valence-corrected chi connectivity index (χ4v) is 1.98. The number of hydrogen-bond donors (Lipinski definition) is 0. The van der Waals surface area contributed by atoms with Crippen molar-refractivity contribution in [3.63, 3.8) is 0 Å². The highest BCUT2D eigenvalue weighted by Crippen LogP contribution is 2.11. The number of aromatic nitrogens is 1. The van der Waals surface area contributed by atoms with Crippen LogP contribution < -0.4 is 0 Å². The highest BCUT2D eigenvalue weighted by Gasteiger charge is 2.06. The van der Waals surface area contributed by atoms with Crippen LogP contribution in [0.4, 0.5) is 0 Å². The van der Waals surface area contributed by atoms with E-state index in [0.29, 0.717) is 0 Å². The molecule has 1 rings (SSSR count). The first-order valence-corrected chi connectivity index (χ1v) is 6.96. The average Bonchev–Trinajstić information content (AvgIpc) is 2.32. The lowest BCUT2D eigenvalue weighted by atomic mass is 10.2. The molecule has 0 N–H and O–H groups in total. The Bertz CT molecular complexity index is 307. The van der Waals surface area contributed by atoms with Gasteiger partial charge in [0.1, 0.15) is 0 Å². The second kappa shape index (κ2) is 8.48. The van der Waals surface area contributed by atoms with Crippen LogP contribution in [0.3, 0.4) is 0 Å². The van der Waals surface area contributed by atoms with Crippen molar-refractivity contribution in [2.75, 3.05) is 13.1 Å². The summed E-state index contributed by atoms with van der Waals surface area (Å²) in [4.78, 5) is 6.85. The Labute approximate surface area is 110 Å². The van der Waals surface area contributed by atoms with Crippen molar-refractivity contribution >= 4 is 11.6 Å². The third-order valence-electron chi connectivity index (χ3n) is 2.82. The van der Waals surface area contributed by atoms with Gasteiger partial charge in [-0.05, 0) is 38.1 Å². The predicted molar refractivity (Wildman–Crippen MR) is 74.3 cm³/mol. The predicted octanol–water partition coefficient (Wildman–Crippen LogP) is 4.14. The maximum atomic E-state index is 5.98. The standard InChI is InChI=1S/C14H23ClN2/c1-3-5-9-17(10-6-4-2)12-14-11-13(15)7-8-16-14/h7-8,11H,3-6,9-10,12H2,1-2H3. The van der Waals surface area contributed by atoms with Gasteiger partial charge in [-0.2, -0.15) is 0 Å². The lowest BCUT2D eigenvalue weighted by molar-refractivity contribution is 0.254. The van der Waals surface area contributed by atoms with Gasteiger partial charge in [0.15, 0.2) is 0 Å². The second-order valence-corrected chi connectivity index (χ2v) is 4.89. The SMILES string of the molecule is CCCCN(CCCC)Cc1cc(Cl)ccn1. The van der Waals surface area contributed by atoms with E-state index in [0.717, 1.165) is 30.4 Å². The van der Waals surface area contributed by atoms with Crippen LogP contribution in [0.2, 0.25) is 5.02 Å². The van der Waals surface area contributed by atoms with Crippen LogP contribution in [0.5, 0.6) is 0 Å². The monoisotopic (exact) mass is 254 g/mol. The minimum absolute atomic E-state index is 0.779. The van der Waals surface area contributed by atoms with E-state index in [9.17, 15) is 0 Å². The topological polar surface area (TPSA) is 16.1 Å². The van der Waals surface area contributed by atoms with Gasteiger partial charge in [0.25, 0.3) is 0 Å². The van der Waals surface area contributed by atoms with Crippen molar-refractivity contribution < 1.29 is 0 Å². The van der Waals surface area contributed by atoms with Gasteiger partial charge in [-0.1, -0.05) is 38.3 Å². The number of pyridine rings is 1. The smallest absolute Gasteiger partial charge is 0.0558 e. The molecule has 0 aliphatic rings. The third kappa shape index (κ3) is 6.04. The van der Waals surface area contributed by atoms with Crippen molar-refractivity contribution in [3.05, 3.63) is 29.0 Å². The van der Waals surface area contributed by atoms with Gasteiger partial charge in [-0.3, -0.25) is 9.88 Å². The summed E-state index contributed by atoms with van der Waals surface area (Å²) in [5, 5.41) is 0.779. The molecule has 96 valence electrons. The molecule has 0 radical (unpaired) electrons. The summed E-state index contributed by atoms with van der Waals surface area (Å²) < 4.78 is 0. The van der Waals surface area contributed by atoms with Crippen LogP contribution in [0.1, 0.15) is 45.2 Å². The van der Waals surface area contributed by atoms with E-state index < -0.39 is 0 Å². The number of unbranched alkanes of at least 4 members (excludes halogenated alkanes) is 2. The van der Waals surface area contributed by atoms with Crippen LogP contribution in [-0.4, -0.2) is 23.0 Å². The summed E-state index contributed by atoms with van der Waals surface area (Å²) >= 11 is 5.98. The lowest BCUT2D eigenvalue weighted by Gasteiger charge is -2.21. The second-order valence-electron chi connectivity index (χ2n) is 4.45. The van der Waals surface area contributed by atoms with Crippen molar-refractivity contribution in [2.45, 2.75) is 46.1 Å². The van der Waals surface area contributed by atoms with Gasteiger partial charge in [0.05, 0.1) is 5.69 Å². The molecule has 2 nitrogen and oxygen atoms in total. The Hall–Kier alpha value is -0.600. The first kappa shape index (κ1) is 14.5. The Kier molecular flexibility index (Phi) is 7.22. The minimum atomic E-state index is 0.779. The van der Waals surface area contributed by atoms with E-state index in [1.807, 2.05) is 12.1 Å². The van der Waals surface area contributed by atoms with E-state index in [1.165, 1.54) is 25.7 Å². The fourth-order valence-electron chi connectivity index (χ4n) is 1.80. The maximum absolute atomic E-state index is 5.98. The highest BCUT2D eigenvalue weighted by molar-refractivity contribution is 6.30. The molecule has 0 bridgehead atoms. The molecule has 1 aromatic heterocycles. The largest absolute Gasteiger partial charge is 0.298 e. The Morgan fingerprint density at radius 3 is 2.35 bits per heavy atom. The van der Waals surface area contributed by atoms with Gasteiger partial charge in [0.2, 0.25) is 0 Å². The average molecular weight is 255 g/mol. The van der Waals surface area contributed by atoms with Crippen molar-refractivity contribution in [3.8, 4) is 0 Å². The molecule has 0 aliphatic carbocycles. The Morgan fingerprint density at radius 2 is 1.82 bits per heavy atom. The molecule has 0 unspecified atom stereocenters. The molecule has 1 heterocycles. The van der Waals surface area contributed by atoms with Crippen LogP contribution >= 0.6 is 11.6 Å². The lowest BCUT2D eigenvalue weighted by Crippen LogP contribution is -2.26. The van der Waals surface area contributed by atoms with E-state index in [-0.39, 0.29) is 0 Å². The minimum Gasteiger partial charge on any atom is -0.298 e. The van der Waals surface area contributed by atoms with Crippen LogP contribution in [0.25, 0.3) is 0 Å². The fraction of sp³-hybridized carbons (Fsp3) is 0.643. The molecule has 1 aromatic rings. The van der Waals surface area contributed by atoms with Gasteiger partial charge in [-0.15, -0.1) is 0 Å². The first-order valence-electron chi connectivity index (χ1n) is 6.59. The first-order chi connectivity index (χ1) is 8.26. The molecule has 0 aromatic carbocycles. The summed E-state index contributed by atoms with van der Waals surface area (Å²) in [6.45, 7) is 7.70. The number of nitrogens with zero attached hydrogens (tertiary/aromatic N) is 2. The van der Waals surface area contributed by atoms with Crippen molar-refractivity contribution in [1.29, 1.82) is 0 Å². The molecular formula is C14H23ClN2. The normalized spacial score (nSPS) is 11.1. The number of halogens is 1. The summed E-state index contributed by atoms with van der Waals surface area (Å²) in [6.07, 6.45) is 6.78. The summed E-state index contributed by atoms with van der Waals surface area (Å²) in [5.41, 5.74) is 1.07. The van der Waals surface area contributed by atoms with Crippen LogP contribution in [0.15, 0.2) is 18.3 Å². The van der Waals surface area contributed by atoms with Crippen molar-refractivity contribution in [2.24, 2.45) is 0 Å². The molecule has 3 heteroatoms. The number of hydrogen-bond acceptors (Lipinski definition) is 2. The van der Waals surface area contributed by atoms with Crippen molar-refractivity contribution in [1.82, 2.24) is 9.88 Å². The molecule has 17 heavy (non-hydrogen) atoms. The molecule has 0 aliphatic heterocycles. The summed E-state index contributed by atoms with van der Waals surface area (Å²) in [5.74, 6) is 0. The van der Waals surface area contributed by atoms with Crippen LogP contribution in [-0.2, 0) is 6.54 Å². The van der Waals surface area contributed by atoms with Gasteiger partial charge < -0.3 is 0 Å². The summed E-state index contributed by atoms with van der Waals surface area (Å²) in [7, 11) is 0. The highest BCUT2D eigenvalue weighted by atomic mass is 35.5. The zero-order valence-corrected chi connectivity index (χ0v) is 11.7.